The number of nitrogens with zero attached hydrogens (tertiary/aromatic N) is 5. The Balaban J connectivity index is 1.28. The van der Waals surface area contributed by atoms with Crippen LogP contribution in [0.3, 0.4) is 0 Å². The number of imidazole rings is 1. The number of anilines is 1. The van der Waals surface area contributed by atoms with Crippen LogP contribution in [0.4, 0.5) is 5.13 Å². The second-order valence-electron chi connectivity index (χ2n) is 6.93. The van der Waals surface area contributed by atoms with Crippen molar-refractivity contribution in [1.82, 2.24) is 19.3 Å². The van der Waals surface area contributed by atoms with Gasteiger partial charge in [0.25, 0.3) is 0 Å². The molecule has 4 heterocycles. The molecule has 0 saturated carbocycles. The van der Waals surface area contributed by atoms with Gasteiger partial charge in [-0.3, -0.25) is 4.90 Å². The highest BCUT2D eigenvalue weighted by molar-refractivity contribution is 7.22. The third kappa shape index (κ3) is 3.52. The molecule has 1 aromatic carbocycles. The summed E-state index contributed by atoms with van der Waals surface area (Å²) < 4.78 is 3.26. The summed E-state index contributed by atoms with van der Waals surface area (Å²) in [5, 5.41) is 1.87. The maximum absolute atomic E-state index is 6.08. The maximum Gasteiger partial charge on any atom is 0.186 e. The topological polar surface area (TPSA) is 36.7 Å². The lowest BCUT2D eigenvalue weighted by Gasteiger charge is -2.20. The number of halogens is 1. The standard InChI is InChI=1S/C20H20ClN5S/c21-15-6-7-19-22-16(14-26(19)12-15)13-24-8-3-9-25(11-10-24)20-23-17-4-1-2-5-18(17)27-20/h1-2,4-7,12,14H,3,8-11,13H2. The molecule has 3 aromatic heterocycles. The molecule has 0 bridgehead atoms. The van der Waals surface area contributed by atoms with Crippen LogP contribution in [0, 0.1) is 0 Å². The molecule has 1 saturated heterocycles. The summed E-state index contributed by atoms with van der Waals surface area (Å²) in [6.07, 6.45) is 5.12. The van der Waals surface area contributed by atoms with Crippen LogP contribution >= 0.6 is 22.9 Å². The summed E-state index contributed by atoms with van der Waals surface area (Å²) in [4.78, 5) is 14.5. The molecule has 0 radical (unpaired) electrons. The average molecular weight is 398 g/mol. The van der Waals surface area contributed by atoms with E-state index in [1.54, 1.807) is 11.3 Å². The van der Waals surface area contributed by atoms with Gasteiger partial charge in [0, 0.05) is 45.1 Å². The summed E-state index contributed by atoms with van der Waals surface area (Å²) >= 11 is 7.87. The van der Waals surface area contributed by atoms with Crippen molar-refractivity contribution in [3.05, 3.63) is 59.5 Å². The molecule has 0 aliphatic carbocycles. The highest BCUT2D eigenvalue weighted by Crippen LogP contribution is 2.29. The largest absolute Gasteiger partial charge is 0.347 e. The van der Waals surface area contributed by atoms with Crippen LogP contribution in [0.1, 0.15) is 12.1 Å². The molecule has 1 aliphatic heterocycles. The molecule has 5 rings (SSSR count). The van der Waals surface area contributed by atoms with Gasteiger partial charge in [-0.2, -0.15) is 0 Å². The van der Waals surface area contributed by atoms with E-state index < -0.39 is 0 Å². The number of hydrogen-bond donors (Lipinski definition) is 0. The van der Waals surface area contributed by atoms with Gasteiger partial charge >= 0.3 is 0 Å². The Morgan fingerprint density at radius 1 is 0.963 bits per heavy atom. The van der Waals surface area contributed by atoms with Crippen molar-refractivity contribution in [3.63, 3.8) is 0 Å². The first-order chi connectivity index (χ1) is 13.2. The molecule has 0 spiro atoms. The first-order valence-electron chi connectivity index (χ1n) is 9.21. The van der Waals surface area contributed by atoms with Gasteiger partial charge in [0.05, 0.1) is 20.9 Å². The Hall–Kier alpha value is -2.15. The summed E-state index contributed by atoms with van der Waals surface area (Å²) in [7, 11) is 0. The van der Waals surface area contributed by atoms with Crippen LogP contribution in [0.15, 0.2) is 48.8 Å². The summed E-state index contributed by atoms with van der Waals surface area (Å²) in [5.74, 6) is 0. The van der Waals surface area contributed by atoms with Gasteiger partial charge in [0.2, 0.25) is 0 Å². The lowest BCUT2D eigenvalue weighted by molar-refractivity contribution is 0.282. The first kappa shape index (κ1) is 17.0. The lowest BCUT2D eigenvalue weighted by atomic mass is 10.3. The van der Waals surface area contributed by atoms with E-state index in [0.29, 0.717) is 0 Å². The Morgan fingerprint density at radius 3 is 2.81 bits per heavy atom. The third-order valence-electron chi connectivity index (χ3n) is 4.99. The molecule has 5 nitrogen and oxygen atoms in total. The van der Waals surface area contributed by atoms with Crippen molar-refractivity contribution in [3.8, 4) is 0 Å². The molecule has 138 valence electrons. The van der Waals surface area contributed by atoms with Crippen molar-refractivity contribution in [2.75, 3.05) is 31.1 Å². The number of para-hydroxylation sites is 1. The van der Waals surface area contributed by atoms with Crippen molar-refractivity contribution in [2.45, 2.75) is 13.0 Å². The van der Waals surface area contributed by atoms with Crippen LogP contribution in [-0.2, 0) is 6.54 Å². The first-order valence-corrected chi connectivity index (χ1v) is 10.4. The fraction of sp³-hybridized carbons (Fsp3) is 0.300. The van der Waals surface area contributed by atoms with Crippen LogP contribution in [0.2, 0.25) is 5.02 Å². The van der Waals surface area contributed by atoms with E-state index in [1.165, 1.54) is 4.70 Å². The van der Waals surface area contributed by atoms with Crippen molar-refractivity contribution < 1.29 is 0 Å². The Bertz CT molecular complexity index is 1060. The van der Waals surface area contributed by atoms with E-state index in [4.69, 9.17) is 21.6 Å². The minimum atomic E-state index is 0.729. The van der Waals surface area contributed by atoms with Gasteiger partial charge in [-0.15, -0.1) is 0 Å². The number of rotatable bonds is 3. The zero-order valence-corrected chi connectivity index (χ0v) is 16.5. The Labute approximate surface area is 166 Å². The minimum absolute atomic E-state index is 0.729. The molecule has 1 fully saturated rings. The molecule has 27 heavy (non-hydrogen) atoms. The van der Waals surface area contributed by atoms with Crippen LogP contribution in [-0.4, -0.2) is 45.4 Å². The van der Waals surface area contributed by atoms with Crippen molar-refractivity contribution >= 4 is 43.9 Å². The third-order valence-corrected chi connectivity index (χ3v) is 6.31. The van der Waals surface area contributed by atoms with Gasteiger partial charge in [-0.1, -0.05) is 35.1 Å². The fourth-order valence-electron chi connectivity index (χ4n) is 3.64. The summed E-state index contributed by atoms with van der Waals surface area (Å²) in [5.41, 5.74) is 3.13. The number of benzene rings is 1. The molecular weight excluding hydrogens is 378 g/mol. The van der Waals surface area contributed by atoms with Gasteiger partial charge < -0.3 is 9.30 Å². The van der Waals surface area contributed by atoms with Crippen LogP contribution in [0.25, 0.3) is 15.9 Å². The van der Waals surface area contributed by atoms with E-state index in [9.17, 15) is 0 Å². The Kier molecular flexibility index (Phi) is 4.47. The highest BCUT2D eigenvalue weighted by Gasteiger charge is 2.18. The number of pyridine rings is 1. The second kappa shape index (κ2) is 7.11. The zero-order valence-electron chi connectivity index (χ0n) is 14.9. The van der Waals surface area contributed by atoms with E-state index >= 15 is 0 Å². The van der Waals surface area contributed by atoms with Gasteiger partial charge in [-0.25, -0.2) is 9.97 Å². The molecule has 1 aliphatic rings. The molecular formula is C20H20ClN5S. The highest BCUT2D eigenvalue weighted by atomic mass is 35.5. The van der Waals surface area contributed by atoms with Crippen LogP contribution in [0.5, 0.6) is 0 Å². The van der Waals surface area contributed by atoms with E-state index in [-0.39, 0.29) is 0 Å². The lowest BCUT2D eigenvalue weighted by Crippen LogP contribution is -2.30. The average Bonchev–Trinajstić information content (AvgIpc) is 3.19. The molecule has 7 heteroatoms. The smallest absolute Gasteiger partial charge is 0.186 e. The second-order valence-corrected chi connectivity index (χ2v) is 8.37. The zero-order chi connectivity index (χ0) is 18.2. The molecule has 0 N–H and O–H groups in total. The Morgan fingerprint density at radius 2 is 1.89 bits per heavy atom. The monoisotopic (exact) mass is 397 g/mol. The van der Waals surface area contributed by atoms with Crippen molar-refractivity contribution in [2.24, 2.45) is 0 Å². The molecule has 0 amide bonds. The number of hydrogen-bond acceptors (Lipinski definition) is 5. The van der Waals surface area contributed by atoms with E-state index in [1.807, 2.05) is 22.7 Å². The summed E-state index contributed by atoms with van der Waals surface area (Å²) in [6.45, 7) is 5.02. The van der Waals surface area contributed by atoms with Gasteiger partial charge in [0.15, 0.2) is 5.13 Å². The fourth-order valence-corrected chi connectivity index (χ4v) is 4.82. The predicted octanol–water partition coefficient (Wildman–Crippen LogP) is 4.31. The minimum Gasteiger partial charge on any atom is -0.347 e. The van der Waals surface area contributed by atoms with E-state index in [0.717, 1.165) is 66.2 Å². The number of thiazole rings is 1. The number of fused-ring (bicyclic) bond motifs is 2. The molecule has 4 aromatic rings. The summed E-state index contributed by atoms with van der Waals surface area (Å²) in [6, 6.07) is 12.2. The van der Waals surface area contributed by atoms with E-state index in [2.05, 4.69) is 40.3 Å². The maximum atomic E-state index is 6.08. The quantitative estimate of drug-likeness (QED) is 0.516. The molecule has 0 unspecified atom stereocenters. The van der Waals surface area contributed by atoms with Gasteiger partial charge in [-0.05, 0) is 30.7 Å². The molecule has 0 atom stereocenters. The van der Waals surface area contributed by atoms with Crippen molar-refractivity contribution in [1.29, 1.82) is 0 Å². The number of aromatic nitrogens is 3. The predicted molar refractivity (Wildman–Crippen MR) is 112 cm³/mol. The van der Waals surface area contributed by atoms with Gasteiger partial charge in [0.1, 0.15) is 5.65 Å². The SMILES string of the molecule is Clc1ccc2nc(CN3CCCN(c4nc5ccccc5s4)CC3)cn2c1. The normalized spacial score (nSPS) is 16.3. The van der Waals surface area contributed by atoms with Crippen LogP contribution < -0.4 is 4.90 Å².